The number of nitrogens with one attached hydrogen (secondary N) is 1. The van der Waals surface area contributed by atoms with Gasteiger partial charge in [0.2, 0.25) is 10.0 Å². The standard InChI is InChI=1S/C14H21ClFNO2S/c1-5-14(4,6-7-15)17-20(18,19)13-10(2)8-12(16)9-11(13)3/h8-9,17H,5-7H2,1-4H3. The lowest BCUT2D eigenvalue weighted by Crippen LogP contribution is -2.46. The van der Waals surface area contributed by atoms with Gasteiger partial charge in [0.25, 0.3) is 0 Å². The number of hydrogen-bond acceptors (Lipinski definition) is 2. The second-order valence-corrected chi connectivity index (χ2v) is 7.32. The minimum Gasteiger partial charge on any atom is -0.207 e. The fourth-order valence-electron chi connectivity index (χ4n) is 2.21. The van der Waals surface area contributed by atoms with Gasteiger partial charge in [-0.2, -0.15) is 0 Å². The van der Waals surface area contributed by atoms with Crippen molar-refractivity contribution in [3.63, 3.8) is 0 Å². The maximum absolute atomic E-state index is 13.3. The highest BCUT2D eigenvalue weighted by atomic mass is 35.5. The van der Waals surface area contributed by atoms with Crippen molar-refractivity contribution in [2.45, 2.75) is 51.0 Å². The van der Waals surface area contributed by atoms with Gasteiger partial charge in [0.1, 0.15) is 5.82 Å². The lowest BCUT2D eigenvalue weighted by atomic mass is 9.97. The predicted molar refractivity (Wildman–Crippen MR) is 80.2 cm³/mol. The molecule has 1 atom stereocenters. The van der Waals surface area contributed by atoms with Crippen molar-refractivity contribution in [3.05, 3.63) is 29.1 Å². The number of sulfonamides is 1. The van der Waals surface area contributed by atoms with Crippen molar-refractivity contribution in [1.82, 2.24) is 4.72 Å². The molecule has 0 amide bonds. The summed E-state index contributed by atoms with van der Waals surface area (Å²) in [6.07, 6.45) is 1.15. The predicted octanol–water partition coefficient (Wildman–Crippen LogP) is 3.52. The molecule has 20 heavy (non-hydrogen) atoms. The average Bonchev–Trinajstić information content (AvgIpc) is 2.26. The molecule has 1 N–H and O–H groups in total. The topological polar surface area (TPSA) is 46.2 Å². The molecule has 3 nitrogen and oxygen atoms in total. The van der Waals surface area contributed by atoms with Gasteiger partial charge in [-0.05, 0) is 56.9 Å². The van der Waals surface area contributed by atoms with E-state index in [9.17, 15) is 12.8 Å². The van der Waals surface area contributed by atoms with E-state index in [1.165, 1.54) is 12.1 Å². The van der Waals surface area contributed by atoms with Crippen LogP contribution in [0.5, 0.6) is 0 Å². The second-order valence-electron chi connectivity index (χ2n) is 5.33. The molecular formula is C14H21ClFNO2S. The van der Waals surface area contributed by atoms with Gasteiger partial charge in [0.05, 0.1) is 4.90 Å². The van der Waals surface area contributed by atoms with Crippen LogP contribution in [0.15, 0.2) is 17.0 Å². The number of halogens is 2. The Balaban J connectivity index is 3.25. The van der Waals surface area contributed by atoms with E-state index in [1.807, 2.05) is 13.8 Å². The number of benzene rings is 1. The first-order chi connectivity index (χ1) is 9.15. The van der Waals surface area contributed by atoms with Gasteiger partial charge in [-0.3, -0.25) is 0 Å². The van der Waals surface area contributed by atoms with Crippen LogP contribution in [0.4, 0.5) is 4.39 Å². The van der Waals surface area contributed by atoms with Crippen molar-refractivity contribution in [1.29, 1.82) is 0 Å². The first kappa shape index (κ1) is 17.4. The summed E-state index contributed by atoms with van der Waals surface area (Å²) >= 11 is 5.74. The third-order valence-corrected chi connectivity index (χ3v) is 5.63. The molecule has 1 unspecified atom stereocenters. The Morgan fingerprint density at radius 1 is 1.30 bits per heavy atom. The molecule has 0 aromatic heterocycles. The number of hydrogen-bond donors (Lipinski definition) is 1. The smallest absolute Gasteiger partial charge is 0.207 e. The van der Waals surface area contributed by atoms with Gasteiger partial charge in [-0.1, -0.05) is 6.92 Å². The highest BCUT2D eigenvalue weighted by molar-refractivity contribution is 7.89. The Hall–Kier alpha value is -0.650. The molecule has 0 heterocycles. The van der Waals surface area contributed by atoms with Gasteiger partial charge < -0.3 is 0 Å². The van der Waals surface area contributed by atoms with Crippen LogP contribution >= 0.6 is 11.6 Å². The van der Waals surface area contributed by atoms with Crippen LogP contribution in [-0.2, 0) is 10.0 Å². The van der Waals surface area contributed by atoms with E-state index in [-0.39, 0.29) is 4.90 Å². The number of rotatable bonds is 6. The Bertz CT molecular complexity index is 566. The molecule has 114 valence electrons. The first-order valence-electron chi connectivity index (χ1n) is 6.52. The Labute approximate surface area is 125 Å². The largest absolute Gasteiger partial charge is 0.241 e. The molecule has 0 aliphatic carbocycles. The molecule has 0 saturated heterocycles. The molecule has 1 rings (SSSR count). The van der Waals surface area contributed by atoms with Crippen molar-refractivity contribution in [2.75, 3.05) is 5.88 Å². The van der Waals surface area contributed by atoms with E-state index < -0.39 is 21.4 Å². The second kappa shape index (κ2) is 6.41. The summed E-state index contributed by atoms with van der Waals surface area (Å²) in [5.41, 5.74) is 0.201. The lowest BCUT2D eigenvalue weighted by Gasteiger charge is -2.29. The highest BCUT2D eigenvalue weighted by Gasteiger charge is 2.30. The zero-order valence-electron chi connectivity index (χ0n) is 12.3. The molecule has 0 saturated carbocycles. The van der Waals surface area contributed by atoms with Crippen LogP contribution in [0.1, 0.15) is 37.8 Å². The zero-order valence-corrected chi connectivity index (χ0v) is 13.8. The molecule has 1 aromatic rings. The molecule has 0 spiro atoms. The van der Waals surface area contributed by atoms with Gasteiger partial charge in [-0.15, -0.1) is 11.6 Å². The number of aryl methyl sites for hydroxylation is 2. The summed E-state index contributed by atoms with van der Waals surface area (Å²) in [5.74, 6) is -0.0632. The first-order valence-corrected chi connectivity index (χ1v) is 8.53. The molecule has 0 aliphatic rings. The Morgan fingerprint density at radius 3 is 2.20 bits per heavy atom. The summed E-state index contributed by atoms with van der Waals surface area (Å²) in [6.45, 7) is 6.91. The molecule has 6 heteroatoms. The van der Waals surface area contributed by atoms with Crippen molar-refractivity contribution < 1.29 is 12.8 Å². The van der Waals surface area contributed by atoms with Crippen molar-refractivity contribution >= 4 is 21.6 Å². The zero-order chi connectivity index (χ0) is 15.6. The van der Waals surface area contributed by atoms with E-state index in [4.69, 9.17) is 11.6 Å². The number of alkyl halides is 1. The molecule has 1 aromatic carbocycles. The third-order valence-electron chi connectivity index (χ3n) is 3.50. The summed E-state index contributed by atoms with van der Waals surface area (Å²) in [5, 5.41) is 0. The van der Waals surface area contributed by atoms with Gasteiger partial charge in [0, 0.05) is 11.4 Å². The third kappa shape index (κ3) is 3.93. The van der Waals surface area contributed by atoms with E-state index >= 15 is 0 Å². The molecule has 0 radical (unpaired) electrons. The van der Waals surface area contributed by atoms with Gasteiger partial charge >= 0.3 is 0 Å². The summed E-state index contributed by atoms with van der Waals surface area (Å²) < 4.78 is 41.1. The normalized spacial score (nSPS) is 15.1. The summed E-state index contributed by atoms with van der Waals surface area (Å²) in [6, 6.07) is 2.46. The van der Waals surface area contributed by atoms with Crippen LogP contribution in [-0.4, -0.2) is 19.8 Å². The van der Waals surface area contributed by atoms with Gasteiger partial charge in [-0.25, -0.2) is 17.5 Å². The maximum atomic E-state index is 13.3. The van der Waals surface area contributed by atoms with Crippen LogP contribution in [0.2, 0.25) is 0 Å². The molecule has 0 fully saturated rings. The molecule has 0 aliphatic heterocycles. The quantitative estimate of drug-likeness (QED) is 0.815. The van der Waals surface area contributed by atoms with Gasteiger partial charge in [0.15, 0.2) is 0 Å². The van der Waals surface area contributed by atoms with Crippen LogP contribution in [0, 0.1) is 19.7 Å². The fraction of sp³-hybridized carbons (Fsp3) is 0.571. The van der Waals surface area contributed by atoms with E-state index in [2.05, 4.69) is 4.72 Å². The van der Waals surface area contributed by atoms with Crippen LogP contribution < -0.4 is 4.72 Å². The highest BCUT2D eigenvalue weighted by Crippen LogP contribution is 2.25. The Kier molecular flexibility index (Phi) is 5.58. The van der Waals surface area contributed by atoms with E-state index in [0.29, 0.717) is 29.8 Å². The maximum Gasteiger partial charge on any atom is 0.241 e. The van der Waals surface area contributed by atoms with Crippen molar-refractivity contribution in [3.8, 4) is 0 Å². The SMILES string of the molecule is CCC(C)(CCCl)NS(=O)(=O)c1c(C)cc(F)cc1C. The fourth-order valence-corrected chi connectivity index (χ4v) is 4.59. The van der Waals surface area contributed by atoms with Crippen molar-refractivity contribution in [2.24, 2.45) is 0 Å². The van der Waals surface area contributed by atoms with Crippen LogP contribution in [0.25, 0.3) is 0 Å². The average molecular weight is 322 g/mol. The molecule has 0 bridgehead atoms. The van der Waals surface area contributed by atoms with E-state index in [0.717, 1.165) is 0 Å². The van der Waals surface area contributed by atoms with E-state index in [1.54, 1.807) is 13.8 Å². The minimum absolute atomic E-state index is 0.146. The summed E-state index contributed by atoms with van der Waals surface area (Å²) in [4.78, 5) is 0.146. The summed E-state index contributed by atoms with van der Waals surface area (Å²) in [7, 11) is -3.71. The Morgan fingerprint density at radius 2 is 1.80 bits per heavy atom. The minimum atomic E-state index is -3.71. The van der Waals surface area contributed by atoms with Crippen LogP contribution in [0.3, 0.4) is 0 Å². The molecular weight excluding hydrogens is 301 g/mol. The monoisotopic (exact) mass is 321 g/mol. The lowest BCUT2D eigenvalue weighted by molar-refractivity contribution is 0.390.